The molecule has 0 heterocycles. The van der Waals surface area contributed by atoms with Crippen molar-refractivity contribution in [2.24, 2.45) is 0 Å². The number of carbonyl (C=O) groups excluding carboxylic acids is 2. The molecule has 0 aliphatic carbocycles. The standard InChI is InChI=1S/C15H15N3O2/c1-9(19)18-12-5-2-10(3-6-12)15(20)13-7-4-11(16)8-14(13)17/h2-8H,16-17H2,1H3,(H,18,19). The van der Waals surface area contributed by atoms with Crippen molar-refractivity contribution in [2.75, 3.05) is 16.8 Å². The second kappa shape index (κ2) is 5.44. The second-order valence-corrected chi connectivity index (χ2v) is 4.43. The van der Waals surface area contributed by atoms with Crippen LogP contribution in [0.4, 0.5) is 17.1 Å². The fourth-order valence-electron chi connectivity index (χ4n) is 1.85. The minimum atomic E-state index is -0.183. The second-order valence-electron chi connectivity index (χ2n) is 4.43. The average Bonchev–Trinajstić information content (AvgIpc) is 2.38. The van der Waals surface area contributed by atoms with Gasteiger partial charge in [-0.2, -0.15) is 0 Å². The first-order valence-corrected chi connectivity index (χ1v) is 6.04. The van der Waals surface area contributed by atoms with Crippen LogP contribution >= 0.6 is 0 Å². The minimum absolute atomic E-state index is 0.160. The predicted molar refractivity (Wildman–Crippen MR) is 79.4 cm³/mol. The Kier molecular flexibility index (Phi) is 3.70. The van der Waals surface area contributed by atoms with E-state index in [1.807, 2.05) is 0 Å². The van der Waals surface area contributed by atoms with Gasteiger partial charge in [0.25, 0.3) is 0 Å². The van der Waals surface area contributed by atoms with Crippen LogP contribution in [0.25, 0.3) is 0 Å². The molecule has 0 atom stereocenters. The summed E-state index contributed by atoms with van der Waals surface area (Å²) in [5.41, 5.74) is 13.8. The van der Waals surface area contributed by atoms with Crippen molar-refractivity contribution >= 4 is 28.8 Å². The SMILES string of the molecule is CC(=O)Nc1ccc(C(=O)c2ccc(N)cc2N)cc1. The van der Waals surface area contributed by atoms with Crippen LogP contribution in [-0.4, -0.2) is 11.7 Å². The van der Waals surface area contributed by atoms with E-state index in [0.717, 1.165) is 0 Å². The first kappa shape index (κ1) is 13.6. The molecule has 1 amide bonds. The molecule has 0 aliphatic heterocycles. The van der Waals surface area contributed by atoms with Crippen molar-refractivity contribution in [1.82, 2.24) is 0 Å². The molecule has 0 bridgehead atoms. The van der Waals surface area contributed by atoms with E-state index < -0.39 is 0 Å². The number of nitrogens with one attached hydrogen (secondary N) is 1. The Bertz CT molecular complexity index is 663. The largest absolute Gasteiger partial charge is 0.399 e. The van der Waals surface area contributed by atoms with Crippen LogP contribution in [0.15, 0.2) is 42.5 Å². The summed E-state index contributed by atoms with van der Waals surface area (Å²) < 4.78 is 0. The Morgan fingerprint density at radius 1 is 1.00 bits per heavy atom. The van der Waals surface area contributed by atoms with Gasteiger partial charge in [0.1, 0.15) is 0 Å². The van der Waals surface area contributed by atoms with Gasteiger partial charge in [0.15, 0.2) is 5.78 Å². The van der Waals surface area contributed by atoms with E-state index in [2.05, 4.69) is 5.32 Å². The molecule has 5 N–H and O–H groups in total. The lowest BCUT2D eigenvalue weighted by Crippen LogP contribution is -2.08. The number of anilines is 3. The van der Waals surface area contributed by atoms with Crippen molar-refractivity contribution in [3.63, 3.8) is 0 Å². The summed E-state index contributed by atoms with van der Waals surface area (Å²) >= 11 is 0. The molecule has 2 aromatic rings. The normalized spacial score (nSPS) is 10.1. The van der Waals surface area contributed by atoms with Gasteiger partial charge in [0.2, 0.25) is 5.91 Å². The predicted octanol–water partition coefficient (Wildman–Crippen LogP) is 2.04. The highest BCUT2D eigenvalue weighted by atomic mass is 16.1. The highest BCUT2D eigenvalue weighted by Crippen LogP contribution is 2.20. The Morgan fingerprint density at radius 2 is 1.65 bits per heavy atom. The maximum absolute atomic E-state index is 12.3. The van der Waals surface area contributed by atoms with Gasteiger partial charge in [-0.1, -0.05) is 0 Å². The summed E-state index contributed by atoms with van der Waals surface area (Å²) in [5.74, 6) is -0.344. The van der Waals surface area contributed by atoms with Gasteiger partial charge in [-0.05, 0) is 42.5 Å². The smallest absolute Gasteiger partial charge is 0.221 e. The van der Waals surface area contributed by atoms with Crippen molar-refractivity contribution in [3.05, 3.63) is 53.6 Å². The lowest BCUT2D eigenvalue weighted by Gasteiger charge is -2.07. The lowest BCUT2D eigenvalue weighted by atomic mass is 10.0. The third kappa shape index (κ3) is 2.95. The summed E-state index contributed by atoms with van der Waals surface area (Å²) in [7, 11) is 0. The number of hydrogen-bond donors (Lipinski definition) is 3. The van der Waals surface area contributed by atoms with E-state index in [0.29, 0.717) is 28.2 Å². The maximum atomic E-state index is 12.3. The van der Waals surface area contributed by atoms with Gasteiger partial charge < -0.3 is 16.8 Å². The van der Waals surface area contributed by atoms with Crippen LogP contribution in [0.3, 0.4) is 0 Å². The molecule has 0 saturated heterocycles. The molecule has 2 aromatic carbocycles. The van der Waals surface area contributed by atoms with Crippen molar-refractivity contribution in [3.8, 4) is 0 Å². The highest BCUT2D eigenvalue weighted by Gasteiger charge is 2.12. The average molecular weight is 269 g/mol. The summed E-state index contributed by atoms with van der Waals surface area (Å²) in [6, 6.07) is 11.4. The molecule has 2 rings (SSSR count). The van der Waals surface area contributed by atoms with E-state index in [1.54, 1.807) is 42.5 Å². The van der Waals surface area contributed by atoms with E-state index in [1.165, 1.54) is 6.92 Å². The number of nitrogens with two attached hydrogens (primary N) is 2. The minimum Gasteiger partial charge on any atom is -0.399 e. The van der Waals surface area contributed by atoms with Crippen molar-refractivity contribution < 1.29 is 9.59 Å². The molecule has 5 heteroatoms. The number of nitrogen functional groups attached to an aromatic ring is 2. The van der Waals surface area contributed by atoms with Crippen LogP contribution in [-0.2, 0) is 4.79 Å². The number of amides is 1. The Balaban J connectivity index is 2.27. The zero-order valence-electron chi connectivity index (χ0n) is 11.0. The monoisotopic (exact) mass is 269 g/mol. The molecule has 0 aliphatic rings. The van der Waals surface area contributed by atoms with Gasteiger partial charge in [-0.3, -0.25) is 9.59 Å². The number of benzene rings is 2. The molecular weight excluding hydrogens is 254 g/mol. The molecule has 0 spiro atoms. The quantitative estimate of drug-likeness (QED) is 0.586. The summed E-state index contributed by atoms with van der Waals surface area (Å²) in [5, 5.41) is 2.64. The van der Waals surface area contributed by atoms with E-state index in [-0.39, 0.29) is 11.7 Å². The summed E-state index contributed by atoms with van der Waals surface area (Å²) in [6.45, 7) is 1.42. The topological polar surface area (TPSA) is 98.2 Å². The van der Waals surface area contributed by atoms with Gasteiger partial charge in [-0.15, -0.1) is 0 Å². The molecule has 20 heavy (non-hydrogen) atoms. The molecular formula is C15H15N3O2. The van der Waals surface area contributed by atoms with Crippen molar-refractivity contribution in [2.45, 2.75) is 6.92 Å². The molecule has 0 radical (unpaired) electrons. The van der Waals surface area contributed by atoms with Crippen LogP contribution in [0.1, 0.15) is 22.8 Å². The molecule has 0 saturated carbocycles. The Labute approximate surface area is 116 Å². The van der Waals surface area contributed by atoms with Gasteiger partial charge in [0.05, 0.1) is 0 Å². The number of hydrogen-bond acceptors (Lipinski definition) is 4. The molecule has 0 fully saturated rings. The highest BCUT2D eigenvalue weighted by molar-refractivity contribution is 6.12. The number of rotatable bonds is 3. The zero-order valence-corrected chi connectivity index (χ0v) is 11.0. The zero-order chi connectivity index (χ0) is 14.7. The first-order chi connectivity index (χ1) is 9.47. The maximum Gasteiger partial charge on any atom is 0.221 e. The Morgan fingerprint density at radius 3 is 2.20 bits per heavy atom. The molecule has 0 aromatic heterocycles. The van der Waals surface area contributed by atoms with Crippen LogP contribution < -0.4 is 16.8 Å². The van der Waals surface area contributed by atoms with E-state index in [4.69, 9.17) is 11.5 Å². The first-order valence-electron chi connectivity index (χ1n) is 6.04. The number of carbonyl (C=O) groups is 2. The fourth-order valence-corrected chi connectivity index (χ4v) is 1.85. The van der Waals surface area contributed by atoms with Gasteiger partial charge in [0, 0.05) is 35.1 Å². The molecule has 5 nitrogen and oxygen atoms in total. The summed E-state index contributed by atoms with van der Waals surface area (Å²) in [6.07, 6.45) is 0. The third-order valence-electron chi connectivity index (χ3n) is 2.79. The lowest BCUT2D eigenvalue weighted by molar-refractivity contribution is -0.114. The van der Waals surface area contributed by atoms with Crippen molar-refractivity contribution in [1.29, 1.82) is 0 Å². The van der Waals surface area contributed by atoms with E-state index >= 15 is 0 Å². The van der Waals surface area contributed by atoms with Gasteiger partial charge >= 0.3 is 0 Å². The number of ketones is 1. The van der Waals surface area contributed by atoms with Crippen LogP contribution in [0, 0.1) is 0 Å². The fraction of sp³-hybridized carbons (Fsp3) is 0.0667. The summed E-state index contributed by atoms with van der Waals surface area (Å²) in [4.78, 5) is 23.2. The van der Waals surface area contributed by atoms with Crippen LogP contribution in [0.2, 0.25) is 0 Å². The third-order valence-corrected chi connectivity index (χ3v) is 2.79. The van der Waals surface area contributed by atoms with E-state index in [9.17, 15) is 9.59 Å². The Hall–Kier alpha value is -2.82. The molecule has 0 unspecified atom stereocenters. The van der Waals surface area contributed by atoms with Crippen LogP contribution in [0.5, 0.6) is 0 Å². The van der Waals surface area contributed by atoms with Gasteiger partial charge in [-0.25, -0.2) is 0 Å². The molecule has 102 valence electrons.